The number of likely N-dealkylation sites (N-methyl/N-ethyl adjacent to an activating group) is 2. The fourth-order valence-electron chi connectivity index (χ4n) is 3.19. The van der Waals surface area contributed by atoms with Crippen molar-refractivity contribution in [1.29, 1.82) is 0 Å². The minimum atomic E-state index is -0.369. The molecule has 0 amide bonds. The first-order chi connectivity index (χ1) is 10.1. The molecule has 1 saturated heterocycles. The molecule has 1 fully saturated rings. The molecule has 0 aliphatic carbocycles. The van der Waals surface area contributed by atoms with Crippen LogP contribution in [-0.4, -0.2) is 67.3 Å². The van der Waals surface area contributed by atoms with Gasteiger partial charge in [0.2, 0.25) is 0 Å². The van der Waals surface area contributed by atoms with Crippen molar-refractivity contribution >= 4 is 0 Å². The van der Waals surface area contributed by atoms with E-state index >= 15 is 0 Å². The van der Waals surface area contributed by atoms with Crippen molar-refractivity contribution in [2.24, 2.45) is 0 Å². The Balaban J connectivity index is 2.17. The number of benzene rings is 1. The van der Waals surface area contributed by atoms with Crippen LogP contribution in [0.25, 0.3) is 0 Å². The maximum atomic E-state index is 10.1. The molecular weight excluding hydrogens is 262 g/mol. The molecule has 1 aromatic carbocycles. The normalized spacial score (nSPS) is 23.9. The molecule has 1 aromatic rings. The van der Waals surface area contributed by atoms with Crippen molar-refractivity contribution in [1.82, 2.24) is 15.1 Å². The monoisotopic (exact) mass is 291 g/mol. The average Bonchev–Trinajstić information content (AvgIpc) is 2.51. The Labute approximate surface area is 128 Å². The zero-order valence-corrected chi connectivity index (χ0v) is 13.5. The van der Waals surface area contributed by atoms with Gasteiger partial charge in [-0.3, -0.25) is 4.90 Å². The van der Waals surface area contributed by atoms with Gasteiger partial charge in [0.1, 0.15) is 0 Å². The third-order valence-electron chi connectivity index (χ3n) is 4.65. The molecule has 0 saturated carbocycles. The summed E-state index contributed by atoms with van der Waals surface area (Å²) in [6, 6.07) is 10.9. The van der Waals surface area contributed by atoms with Crippen LogP contribution in [-0.2, 0) is 5.54 Å². The molecular formula is C17H29N3O. The van der Waals surface area contributed by atoms with Crippen LogP contribution < -0.4 is 5.32 Å². The summed E-state index contributed by atoms with van der Waals surface area (Å²) in [4.78, 5) is 4.86. The van der Waals surface area contributed by atoms with Crippen LogP contribution in [0, 0.1) is 0 Å². The lowest BCUT2D eigenvalue weighted by atomic mass is 9.89. The van der Waals surface area contributed by atoms with E-state index in [0.29, 0.717) is 6.04 Å². The first kappa shape index (κ1) is 16.4. The molecule has 0 spiro atoms. The van der Waals surface area contributed by atoms with E-state index in [1.54, 1.807) is 0 Å². The summed E-state index contributed by atoms with van der Waals surface area (Å²) in [6.07, 6.45) is 0. The second-order valence-corrected chi connectivity index (χ2v) is 6.20. The summed E-state index contributed by atoms with van der Waals surface area (Å²) in [5, 5.41) is 13.6. The van der Waals surface area contributed by atoms with Gasteiger partial charge >= 0.3 is 0 Å². The van der Waals surface area contributed by atoms with Gasteiger partial charge in [0.15, 0.2) is 0 Å². The van der Waals surface area contributed by atoms with Gasteiger partial charge in [-0.1, -0.05) is 37.3 Å². The van der Waals surface area contributed by atoms with Gasteiger partial charge in [0.25, 0.3) is 0 Å². The molecule has 0 bridgehead atoms. The predicted octanol–water partition coefficient (Wildman–Crippen LogP) is 1.12. The zero-order valence-electron chi connectivity index (χ0n) is 13.5. The van der Waals surface area contributed by atoms with E-state index in [1.165, 1.54) is 5.56 Å². The van der Waals surface area contributed by atoms with Crippen LogP contribution in [0.15, 0.2) is 30.3 Å². The van der Waals surface area contributed by atoms with E-state index in [2.05, 4.69) is 48.1 Å². The molecule has 1 heterocycles. The molecule has 2 unspecified atom stereocenters. The minimum absolute atomic E-state index is 0.117. The summed E-state index contributed by atoms with van der Waals surface area (Å²) < 4.78 is 0. The Bertz CT molecular complexity index is 425. The lowest BCUT2D eigenvalue weighted by molar-refractivity contribution is 0.0552. The van der Waals surface area contributed by atoms with Gasteiger partial charge in [-0.25, -0.2) is 0 Å². The van der Waals surface area contributed by atoms with Crippen molar-refractivity contribution < 1.29 is 5.11 Å². The number of hydrogen-bond donors (Lipinski definition) is 2. The molecule has 2 atom stereocenters. The molecule has 21 heavy (non-hydrogen) atoms. The highest BCUT2D eigenvalue weighted by molar-refractivity contribution is 5.25. The van der Waals surface area contributed by atoms with Gasteiger partial charge in [-0.2, -0.15) is 0 Å². The molecule has 4 heteroatoms. The summed E-state index contributed by atoms with van der Waals surface area (Å²) in [5.41, 5.74) is 0.798. The van der Waals surface area contributed by atoms with Crippen LogP contribution >= 0.6 is 0 Å². The van der Waals surface area contributed by atoms with E-state index in [-0.39, 0.29) is 12.1 Å². The molecule has 1 aliphatic rings. The zero-order chi connectivity index (χ0) is 15.3. The fourth-order valence-corrected chi connectivity index (χ4v) is 3.19. The first-order valence-electron chi connectivity index (χ1n) is 7.95. The van der Waals surface area contributed by atoms with Crippen molar-refractivity contribution in [3.05, 3.63) is 35.9 Å². The fraction of sp³-hybridized carbons (Fsp3) is 0.647. The third-order valence-corrected chi connectivity index (χ3v) is 4.65. The maximum absolute atomic E-state index is 10.1. The smallest absolute Gasteiger partial charge is 0.0797 e. The number of aliphatic hydroxyl groups is 1. The number of hydrogen-bond acceptors (Lipinski definition) is 4. The number of rotatable bonds is 6. The van der Waals surface area contributed by atoms with Crippen LogP contribution in [0.4, 0.5) is 0 Å². The summed E-state index contributed by atoms with van der Waals surface area (Å²) in [5.74, 6) is 0. The van der Waals surface area contributed by atoms with Crippen molar-refractivity contribution in [2.45, 2.75) is 25.4 Å². The Morgan fingerprint density at radius 3 is 2.57 bits per heavy atom. The van der Waals surface area contributed by atoms with E-state index < -0.39 is 0 Å². The quantitative estimate of drug-likeness (QED) is 0.824. The lowest BCUT2D eigenvalue weighted by Crippen LogP contribution is -2.58. The topological polar surface area (TPSA) is 38.7 Å². The van der Waals surface area contributed by atoms with Crippen molar-refractivity contribution in [3.63, 3.8) is 0 Å². The number of nitrogens with zero attached hydrogens (tertiary/aromatic N) is 2. The molecule has 4 nitrogen and oxygen atoms in total. The second kappa shape index (κ2) is 7.36. The number of piperazine rings is 1. The van der Waals surface area contributed by atoms with Gasteiger partial charge in [0.05, 0.1) is 12.1 Å². The molecule has 2 N–H and O–H groups in total. The van der Waals surface area contributed by atoms with E-state index in [0.717, 1.165) is 32.7 Å². The van der Waals surface area contributed by atoms with Crippen molar-refractivity contribution in [2.75, 3.05) is 46.4 Å². The summed E-state index contributed by atoms with van der Waals surface area (Å²) in [6.45, 7) is 9.37. The second-order valence-electron chi connectivity index (χ2n) is 6.20. The van der Waals surface area contributed by atoms with Crippen LogP contribution in [0.5, 0.6) is 0 Å². The molecule has 2 rings (SSSR count). The summed E-state index contributed by atoms with van der Waals surface area (Å²) in [7, 11) is 2.18. The summed E-state index contributed by atoms with van der Waals surface area (Å²) >= 11 is 0. The third kappa shape index (κ3) is 3.83. The highest BCUT2D eigenvalue weighted by Gasteiger charge is 2.34. The van der Waals surface area contributed by atoms with Crippen molar-refractivity contribution in [3.8, 4) is 0 Å². The number of aliphatic hydroxyl groups excluding tert-OH is 1. The lowest BCUT2D eigenvalue weighted by Gasteiger charge is -2.43. The van der Waals surface area contributed by atoms with Gasteiger partial charge in [0, 0.05) is 32.2 Å². The Hall–Kier alpha value is -0.940. The van der Waals surface area contributed by atoms with Gasteiger partial charge in [-0.05, 0) is 26.1 Å². The highest BCUT2D eigenvalue weighted by Crippen LogP contribution is 2.23. The minimum Gasteiger partial charge on any atom is -0.394 e. The van der Waals surface area contributed by atoms with Crippen LogP contribution in [0.3, 0.4) is 0 Å². The van der Waals surface area contributed by atoms with Crippen LogP contribution in [0.1, 0.15) is 19.4 Å². The Morgan fingerprint density at radius 2 is 2.00 bits per heavy atom. The molecule has 118 valence electrons. The van der Waals surface area contributed by atoms with E-state index in [9.17, 15) is 5.11 Å². The largest absolute Gasteiger partial charge is 0.394 e. The van der Waals surface area contributed by atoms with Gasteiger partial charge in [-0.15, -0.1) is 0 Å². The van der Waals surface area contributed by atoms with Crippen LogP contribution in [0.2, 0.25) is 0 Å². The van der Waals surface area contributed by atoms with E-state index in [1.807, 2.05) is 18.2 Å². The SMILES string of the molecule is CCNC(CO)(CN1CCN(C)C(C)C1)c1ccccc1. The molecule has 1 aliphatic heterocycles. The predicted molar refractivity (Wildman–Crippen MR) is 87.4 cm³/mol. The number of nitrogens with one attached hydrogen (secondary N) is 1. The Morgan fingerprint density at radius 1 is 1.29 bits per heavy atom. The van der Waals surface area contributed by atoms with Gasteiger partial charge < -0.3 is 15.3 Å². The molecule has 0 radical (unpaired) electrons. The van der Waals surface area contributed by atoms with E-state index in [4.69, 9.17) is 0 Å². The highest BCUT2D eigenvalue weighted by atomic mass is 16.3. The Kier molecular flexibility index (Phi) is 5.76. The first-order valence-corrected chi connectivity index (χ1v) is 7.95. The molecule has 0 aromatic heterocycles. The standard InChI is InChI=1S/C17H29N3O/c1-4-18-17(14-21,16-8-6-5-7-9-16)13-20-11-10-19(3)15(2)12-20/h5-9,15,18,21H,4,10-14H2,1-3H3. The maximum Gasteiger partial charge on any atom is 0.0797 e. The average molecular weight is 291 g/mol.